The first-order chi connectivity index (χ1) is 10.9. The van der Waals surface area contributed by atoms with Crippen molar-refractivity contribution in [2.45, 2.75) is 18.2 Å². The lowest BCUT2D eigenvalue weighted by atomic mass is 9.77. The largest absolute Gasteiger partial charge is 0.550 e. The minimum Gasteiger partial charge on any atom is -0.550 e. The van der Waals surface area contributed by atoms with Crippen LogP contribution >= 0.6 is 23.2 Å². The molecule has 1 amide bonds. The molecule has 23 heavy (non-hydrogen) atoms. The number of carboxylic acids is 1. The molecule has 5 nitrogen and oxygen atoms in total. The van der Waals surface area contributed by atoms with Gasteiger partial charge in [-0.25, -0.2) is 0 Å². The van der Waals surface area contributed by atoms with Gasteiger partial charge in [-0.1, -0.05) is 47.5 Å². The van der Waals surface area contributed by atoms with Gasteiger partial charge in [-0.05, 0) is 11.6 Å². The van der Waals surface area contributed by atoms with E-state index in [1.807, 2.05) is 0 Å². The SMILES string of the molecule is O=C([O-])[C@H]1[C@@H]2C=C[C@]3(CN(Cc4cccc(Cl)c4Cl)C(=O)[C@@H]13)O2. The monoisotopic (exact) mass is 352 g/mol. The fourth-order valence-electron chi connectivity index (χ4n) is 3.86. The summed E-state index contributed by atoms with van der Waals surface area (Å²) in [5.74, 6) is -3.17. The Morgan fingerprint density at radius 1 is 1.43 bits per heavy atom. The van der Waals surface area contributed by atoms with Crippen LogP contribution in [0.4, 0.5) is 0 Å². The number of amides is 1. The molecule has 2 saturated heterocycles. The van der Waals surface area contributed by atoms with Gasteiger partial charge in [-0.15, -0.1) is 0 Å². The van der Waals surface area contributed by atoms with E-state index in [4.69, 9.17) is 27.9 Å². The molecular formula is C16H12Cl2NO4-. The lowest BCUT2D eigenvalue weighted by Gasteiger charge is -2.24. The van der Waals surface area contributed by atoms with E-state index in [9.17, 15) is 14.7 Å². The van der Waals surface area contributed by atoms with E-state index in [-0.39, 0.29) is 12.5 Å². The number of carboxylic acid groups (broad SMARTS) is 1. The average molecular weight is 353 g/mol. The fraction of sp³-hybridized carbons (Fsp3) is 0.375. The number of nitrogens with zero attached hydrogens (tertiary/aromatic N) is 1. The van der Waals surface area contributed by atoms with Crippen molar-refractivity contribution in [2.24, 2.45) is 11.8 Å². The molecule has 0 aromatic heterocycles. The van der Waals surface area contributed by atoms with E-state index in [2.05, 4.69) is 0 Å². The minimum absolute atomic E-state index is 0.248. The van der Waals surface area contributed by atoms with Crippen LogP contribution in [0.3, 0.4) is 0 Å². The Hall–Kier alpha value is -1.56. The second-order valence-electron chi connectivity index (χ2n) is 6.13. The molecule has 4 atom stereocenters. The Morgan fingerprint density at radius 3 is 2.96 bits per heavy atom. The zero-order valence-corrected chi connectivity index (χ0v) is 13.4. The summed E-state index contributed by atoms with van der Waals surface area (Å²) in [6.07, 6.45) is 2.94. The molecule has 0 aliphatic carbocycles. The number of hydrogen-bond donors (Lipinski definition) is 0. The summed E-state index contributed by atoms with van der Waals surface area (Å²) in [6.45, 7) is 0.564. The number of carbonyl (C=O) groups excluding carboxylic acids is 2. The number of ether oxygens (including phenoxy) is 1. The summed E-state index contributed by atoms with van der Waals surface area (Å²) in [4.78, 5) is 25.7. The topological polar surface area (TPSA) is 69.7 Å². The van der Waals surface area contributed by atoms with Crippen LogP contribution in [0.15, 0.2) is 30.4 Å². The number of aliphatic carboxylic acids is 1. The maximum atomic E-state index is 12.7. The van der Waals surface area contributed by atoms with Crippen molar-refractivity contribution in [3.63, 3.8) is 0 Å². The van der Waals surface area contributed by atoms with Crippen molar-refractivity contribution in [1.82, 2.24) is 4.90 Å². The van der Waals surface area contributed by atoms with E-state index in [0.717, 1.165) is 0 Å². The van der Waals surface area contributed by atoms with Crippen LogP contribution in [0.2, 0.25) is 10.0 Å². The molecule has 1 aromatic carbocycles. The van der Waals surface area contributed by atoms with Crippen molar-refractivity contribution in [1.29, 1.82) is 0 Å². The summed E-state index contributed by atoms with van der Waals surface area (Å²) in [5.41, 5.74) is -0.148. The molecule has 3 aliphatic heterocycles. The first kappa shape index (κ1) is 15.0. The van der Waals surface area contributed by atoms with Gasteiger partial charge in [0.2, 0.25) is 5.91 Å². The fourth-order valence-corrected chi connectivity index (χ4v) is 4.24. The lowest BCUT2D eigenvalue weighted by molar-refractivity contribution is -0.313. The van der Waals surface area contributed by atoms with Gasteiger partial charge in [0, 0.05) is 18.4 Å². The third-order valence-corrected chi connectivity index (χ3v) is 5.70. The van der Waals surface area contributed by atoms with Crippen molar-refractivity contribution in [2.75, 3.05) is 6.54 Å². The molecule has 120 valence electrons. The van der Waals surface area contributed by atoms with Gasteiger partial charge in [0.15, 0.2) is 0 Å². The van der Waals surface area contributed by atoms with E-state index in [0.29, 0.717) is 22.2 Å². The van der Waals surface area contributed by atoms with Gasteiger partial charge < -0.3 is 19.5 Å². The number of halogens is 2. The van der Waals surface area contributed by atoms with Crippen LogP contribution in [0.5, 0.6) is 0 Å². The highest BCUT2D eigenvalue weighted by molar-refractivity contribution is 6.42. The summed E-state index contributed by atoms with van der Waals surface area (Å²) < 4.78 is 5.80. The molecule has 3 aliphatic rings. The Balaban J connectivity index is 1.64. The third-order valence-electron chi connectivity index (χ3n) is 4.84. The molecule has 7 heteroatoms. The standard InChI is InChI=1S/C16H13Cl2NO4/c17-9-3-1-2-8(13(9)18)6-19-7-16-5-4-10(23-16)11(15(21)22)12(16)14(19)20/h1-5,10-12H,6-7H2,(H,21,22)/p-1/t10-,11-,12+,16+/m0/s1. The van der Waals surface area contributed by atoms with E-state index >= 15 is 0 Å². The number of likely N-dealkylation sites (tertiary alicyclic amines) is 1. The van der Waals surface area contributed by atoms with Crippen molar-refractivity contribution < 1.29 is 19.4 Å². The Bertz CT molecular complexity index is 750. The lowest BCUT2D eigenvalue weighted by Crippen LogP contribution is -2.45. The van der Waals surface area contributed by atoms with Crippen molar-refractivity contribution in [3.05, 3.63) is 46.0 Å². The van der Waals surface area contributed by atoms with Crippen LogP contribution in [-0.4, -0.2) is 35.0 Å². The van der Waals surface area contributed by atoms with Gasteiger partial charge in [-0.2, -0.15) is 0 Å². The maximum Gasteiger partial charge on any atom is 0.230 e. The summed E-state index contributed by atoms with van der Waals surface area (Å²) in [6, 6.07) is 5.22. The number of benzene rings is 1. The molecule has 3 heterocycles. The van der Waals surface area contributed by atoms with Crippen molar-refractivity contribution in [3.8, 4) is 0 Å². The normalized spacial score (nSPS) is 34.3. The predicted molar refractivity (Wildman–Crippen MR) is 80.6 cm³/mol. The summed E-state index contributed by atoms with van der Waals surface area (Å²) >= 11 is 12.2. The molecule has 0 radical (unpaired) electrons. The van der Waals surface area contributed by atoms with Crippen LogP contribution in [0.1, 0.15) is 5.56 Å². The summed E-state index contributed by atoms with van der Waals surface area (Å²) in [7, 11) is 0. The van der Waals surface area contributed by atoms with Crippen LogP contribution < -0.4 is 5.11 Å². The molecule has 2 bridgehead atoms. The van der Waals surface area contributed by atoms with Crippen LogP contribution in [0.25, 0.3) is 0 Å². The number of hydrogen-bond acceptors (Lipinski definition) is 4. The minimum atomic E-state index is -1.25. The van der Waals surface area contributed by atoms with E-state index < -0.39 is 29.5 Å². The first-order valence-corrected chi connectivity index (χ1v) is 7.98. The predicted octanol–water partition coefficient (Wildman–Crippen LogP) is 1.03. The molecule has 4 rings (SSSR count). The molecule has 0 saturated carbocycles. The van der Waals surface area contributed by atoms with Crippen molar-refractivity contribution >= 4 is 35.1 Å². The zero-order chi connectivity index (χ0) is 16.4. The first-order valence-electron chi connectivity index (χ1n) is 7.23. The number of fused-ring (bicyclic) bond motifs is 1. The number of rotatable bonds is 3. The summed E-state index contributed by atoms with van der Waals surface area (Å²) in [5, 5.41) is 12.2. The van der Waals surface area contributed by atoms with Crippen LogP contribution in [0, 0.1) is 11.8 Å². The number of carbonyl (C=O) groups is 2. The third kappa shape index (κ3) is 2.04. The van der Waals surface area contributed by atoms with Gasteiger partial charge >= 0.3 is 0 Å². The molecular weight excluding hydrogens is 341 g/mol. The maximum absolute atomic E-state index is 12.7. The molecule has 0 unspecified atom stereocenters. The Morgan fingerprint density at radius 2 is 2.22 bits per heavy atom. The highest BCUT2D eigenvalue weighted by Crippen LogP contribution is 2.52. The quantitative estimate of drug-likeness (QED) is 0.761. The second kappa shape index (κ2) is 4.97. The van der Waals surface area contributed by atoms with Crippen LogP contribution in [-0.2, 0) is 20.9 Å². The van der Waals surface area contributed by atoms with Gasteiger partial charge in [-0.3, -0.25) is 4.79 Å². The Labute approximate surface area is 142 Å². The smallest absolute Gasteiger partial charge is 0.230 e. The second-order valence-corrected chi connectivity index (χ2v) is 6.91. The van der Waals surface area contributed by atoms with Gasteiger partial charge in [0.25, 0.3) is 0 Å². The zero-order valence-electron chi connectivity index (χ0n) is 11.9. The Kier molecular flexibility index (Phi) is 3.24. The molecule has 2 fully saturated rings. The highest BCUT2D eigenvalue weighted by Gasteiger charge is 2.65. The molecule has 0 N–H and O–H groups in total. The van der Waals surface area contributed by atoms with E-state index in [1.54, 1.807) is 35.3 Å². The highest BCUT2D eigenvalue weighted by atomic mass is 35.5. The van der Waals surface area contributed by atoms with Gasteiger partial charge in [0.05, 0.1) is 28.6 Å². The average Bonchev–Trinajstić information content (AvgIpc) is 3.13. The molecule has 1 aromatic rings. The van der Waals surface area contributed by atoms with Gasteiger partial charge in [0.1, 0.15) is 5.60 Å². The molecule has 1 spiro atoms. The van der Waals surface area contributed by atoms with E-state index in [1.165, 1.54) is 0 Å².